The van der Waals surface area contributed by atoms with E-state index >= 15 is 0 Å². The smallest absolute Gasteiger partial charge is 0.321 e. The van der Waals surface area contributed by atoms with E-state index < -0.39 is 12.0 Å². The molecule has 3 atom stereocenters. The van der Waals surface area contributed by atoms with Gasteiger partial charge in [-0.2, -0.15) is 12.6 Å². The number of hydrogen-bond acceptors (Lipinski definition) is 5. The molecule has 1 saturated heterocycles. The Morgan fingerprint density at radius 2 is 2.36 bits per heavy atom. The van der Waals surface area contributed by atoms with E-state index in [1.165, 1.54) is 18.7 Å². The quantitative estimate of drug-likeness (QED) is 0.609. The van der Waals surface area contributed by atoms with E-state index in [0.717, 1.165) is 0 Å². The van der Waals surface area contributed by atoms with Crippen LogP contribution in [0.4, 0.5) is 0 Å². The zero-order valence-electron chi connectivity index (χ0n) is 7.77. The highest BCUT2D eigenvalue weighted by atomic mass is 32.2. The first kappa shape index (κ1) is 11.9. The van der Waals surface area contributed by atoms with Crippen molar-refractivity contribution in [2.45, 2.75) is 18.3 Å². The number of thioether (sulfide) groups is 1. The van der Waals surface area contributed by atoms with E-state index in [1.807, 2.05) is 0 Å². The van der Waals surface area contributed by atoms with Gasteiger partial charge in [-0.15, -0.1) is 11.8 Å². The normalized spacial score (nSPS) is 28.7. The number of carbonyl (C=O) groups excluding carboxylic acids is 1. The minimum atomic E-state index is -0.860. The first-order chi connectivity index (χ1) is 6.56. The summed E-state index contributed by atoms with van der Waals surface area (Å²) < 4.78 is 0. The van der Waals surface area contributed by atoms with Gasteiger partial charge in [-0.1, -0.05) is 0 Å². The topological polar surface area (TPSA) is 66.4 Å². The molecule has 4 nitrogen and oxygen atoms in total. The van der Waals surface area contributed by atoms with Crippen LogP contribution in [0.5, 0.6) is 0 Å². The maximum absolute atomic E-state index is 11.2. The molecule has 1 unspecified atom stereocenters. The third kappa shape index (κ3) is 2.65. The van der Waals surface area contributed by atoms with Crippen LogP contribution in [0.3, 0.4) is 0 Å². The highest BCUT2D eigenvalue weighted by molar-refractivity contribution is 8.00. The van der Waals surface area contributed by atoms with Crippen LogP contribution in [-0.4, -0.2) is 39.8 Å². The van der Waals surface area contributed by atoms with Gasteiger partial charge in [-0.25, -0.2) is 0 Å². The lowest BCUT2D eigenvalue weighted by Crippen LogP contribution is -2.41. The number of nitrogens with one attached hydrogen (secondary N) is 1. The minimum Gasteiger partial charge on any atom is -0.480 e. The maximum atomic E-state index is 11.2. The van der Waals surface area contributed by atoms with Crippen molar-refractivity contribution in [2.24, 2.45) is 5.92 Å². The van der Waals surface area contributed by atoms with Gasteiger partial charge in [-0.05, 0) is 6.92 Å². The minimum absolute atomic E-state index is 0.0519. The lowest BCUT2D eigenvalue weighted by molar-refractivity contribution is -0.139. The third-order valence-corrected chi connectivity index (χ3v) is 3.93. The van der Waals surface area contributed by atoms with E-state index in [1.54, 1.807) is 0 Å². The zero-order valence-corrected chi connectivity index (χ0v) is 9.48. The Morgan fingerprint density at radius 3 is 2.71 bits per heavy atom. The predicted octanol–water partition coefficient (Wildman–Crippen LogP) is 0.237. The van der Waals surface area contributed by atoms with Crippen LogP contribution in [0.1, 0.15) is 6.92 Å². The fraction of sp³-hybridized carbons (Fsp3) is 0.750. The molecule has 14 heavy (non-hydrogen) atoms. The van der Waals surface area contributed by atoms with Gasteiger partial charge in [-0.3, -0.25) is 14.9 Å². The second-order valence-electron chi connectivity index (χ2n) is 3.21. The molecule has 0 aromatic heterocycles. The zero-order chi connectivity index (χ0) is 10.7. The van der Waals surface area contributed by atoms with Crippen molar-refractivity contribution in [3.05, 3.63) is 0 Å². The molecule has 0 bridgehead atoms. The highest BCUT2D eigenvalue weighted by Gasteiger charge is 2.35. The lowest BCUT2D eigenvalue weighted by Gasteiger charge is -2.18. The van der Waals surface area contributed by atoms with Crippen LogP contribution >= 0.6 is 24.4 Å². The molecular weight excluding hydrogens is 222 g/mol. The van der Waals surface area contributed by atoms with Gasteiger partial charge in [0.25, 0.3) is 0 Å². The van der Waals surface area contributed by atoms with Crippen molar-refractivity contribution in [2.75, 3.05) is 11.5 Å². The Balaban J connectivity index is 2.55. The van der Waals surface area contributed by atoms with Crippen molar-refractivity contribution < 1.29 is 14.7 Å². The van der Waals surface area contributed by atoms with E-state index in [0.29, 0.717) is 11.5 Å². The Hall–Kier alpha value is -0.200. The number of carbonyl (C=O) groups is 2. The van der Waals surface area contributed by atoms with Crippen LogP contribution in [0.25, 0.3) is 0 Å². The van der Waals surface area contributed by atoms with Gasteiger partial charge >= 0.3 is 5.97 Å². The Kier molecular flexibility index (Phi) is 4.28. The van der Waals surface area contributed by atoms with Crippen LogP contribution in [-0.2, 0) is 9.59 Å². The van der Waals surface area contributed by atoms with Gasteiger partial charge in [0.2, 0.25) is 0 Å². The van der Waals surface area contributed by atoms with Crippen molar-refractivity contribution >= 4 is 36.1 Å². The summed E-state index contributed by atoms with van der Waals surface area (Å²) in [5.74, 6) is -0.0469. The Morgan fingerprint density at radius 1 is 1.71 bits per heavy atom. The maximum Gasteiger partial charge on any atom is 0.321 e. The number of ketones is 1. The van der Waals surface area contributed by atoms with E-state index in [9.17, 15) is 9.59 Å². The summed E-state index contributed by atoms with van der Waals surface area (Å²) >= 11 is 5.57. The number of hydrogen-bond donors (Lipinski definition) is 3. The molecule has 1 aliphatic rings. The third-order valence-electron chi connectivity index (χ3n) is 2.19. The van der Waals surface area contributed by atoms with Gasteiger partial charge < -0.3 is 5.11 Å². The molecule has 1 aliphatic heterocycles. The Labute approximate surface area is 92.2 Å². The first-order valence-electron chi connectivity index (χ1n) is 4.28. The van der Waals surface area contributed by atoms with Gasteiger partial charge in [0.05, 0.1) is 11.3 Å². The molecule has 0 radical (unpaired) electrons. The van der Waals surface area contributed by atoms with Crippen LogP contribution in [0.2, 0.25) is 0 Å². The number of Topliss-reactive ketones (excluding diaryl/α,β-unsaturated/α-hetero) is 1. The summed E-state index contributed by atoms with van der Waals surface area (Å²) in [5.41, 5.74) is 0. The molecule has 2 N–H and O–H groups in total. The summed E-state index contributed by atoms with van der Waals surface area (Å²) in [5, 5.41) is 11.6. The summed E-state index contributed by atoms with van der Waals surface area (Å²) in [6.07, 6.45) is 0. The molecule has 0 saturated carbocycles. The number of carboxylic acid groups (broad SMARTS) is 1. The van der Waals surface area contributed by atoms with Crippen LogP contribution < -0.4 is 5.32 Å². The number of thiol groups is 1. The predicted molar refractivity (Wildman–Crippen MR) is 58.8 cm³/mol. The van der Waals surface area contributed by atoms with Crippen LogP contribution in [0, 0.1) is 5.92 Å². The molecular formula is C8H13NO3S2. The van der Waals surface area contributed by atoms with E-state index in [2.05, 4.69) is 17.9 Å². The average Bonchev–Trinajstić information content (AvgIpc) is 2.53. The molecule has 1 rings (SSSR count). The van der Waals surface area contributed by atoms with Crippen LogP contribution in [0.15, 0.2) is 0 Å². The van der Waals surface area contributed by atoms with Crippen molar-refractivity contribution in [3.8, 4) is 0 Å². The monoisotopic (exact) mass is 235 g/mol. The number of rotatable bonds is 4. The highest BCUT2D eigenvalue weighted by Crippen LogP contribution is 2.26. The SMILES string of the molecule is CC(=O)[C@@H](CS)C1N[C@H](C(=O)O)CS1. The summed E-state index contributed by atoms with van der Waals surface area (Å²) in [6, 6.07) is -0.535. The Bertz CT molecular complexity index is 247. The molecule has 0 aliphatic carbocycles. The molecule has 80 valence electrons. The standard InChI is InChI=1S/C8H13NO3S2/c1-4(10)5(2-13)7-9-6(3-14-7)8(11)12/h5-7,9,13H,2-3H2,1H3,(H,11,12)/t5-,6+,7?/m1/s1. The molecule has 0 spiro atoms. The van der Waals surface area contributed by atoms with Crippen molar-refractivity contribution in [1.29, 1.82) is 0 Å². The first-order valence-corrected chi connectivity index (χ1v) is 5.96. The summed E-state index contributed by atoms with van der Waals surface area (Å²) in [7, 11) is 0. The molecule has 1 heterocycles. The number of aliphatic carboxylic acids is 1. The summed E-state index contributed by atoms with van der Waals surface area (Å²) in [6.45, 7) is 1.51. The molecule has 0 aromatic carbocycles. The van der Waals surface area contributed by atoms with Gasteiger partial charge in [0.1, 0.15) is 11.8 Å². The largest absolute Gasteiger partial charge is 0.480 e. The van der Waals surface area contributed by atoms with E-state index in [-0.39, 0.29) is 17.1 Å². The fourth-order valence-corrected chi connectivity index (χ4v) is 3.34. The lowest BCUT2D eigenvalue weighted by atomic mass is 10.1. The number of carboxylic acids is 1. The second kappa shape index (κ2) is 5.04. The fourth-order valence-electron chi connectivity index (χ4n) is 1.31. The molecule has 6 heteroatoms. The molecule has 0 aromatic rings. The molecule has 1 fully saturated rings. The second-order valence-corrected chi connectivity index (χ2v) is 4.75. The average molecular weight is 235 g/mol. The van der Waals surface area contributed by atoms with Crippen molar-refractivity contribution in [1.82, 2.24) is 5.32 Å². The van der Waals surface area contributed by atoms with Gasteiger partial charge in [0, 0.05) is 11.5 Å². The summed E-state index contributed by atoms with van der Waals surface area (Å²) in [4.78, 5) is 21.8. The van der Waals surface area contributed by atoms with E-state index in [4.69, 9.17) is 5.11 Å². The van der Waals surface area contributed by atoms with Crippen molar-refractivity contribution in [3.63, 3.8) is 0 Å². The van der Waals surface area contributed by atoms with Gasteiger partial charge in [0.15, 0.2) is 0 Å². The molecule has 0 amide bonds.